The van der Waals surface area contributed by atoms with Gasteiger partial charge in [-0.25, -0.2) is 27.6 Å². The van der Waals surface area contributed by atoms with Crippen LogP contribution < -0.4 is 27.0 Å². The van der Waals surface area contributed by atoms with Gasteiger partial charge in [0.1, 0.15) is 17.5 Å². The summed E-state index contributed by atoms with van der Waals surface area (Å²) < 4.78 is 137. The number of guanidine groups is 1. The lowest BCUT2D eigenvalue weighted by Gasteiger charge is -2.36. The number of hydrogen-bond donors (Lipinski definition) is 7. The number of carbonyl (C=O) groups is 5. The average molecular weight is 956 g/mol. The minimum Gasteiger partial charge on any atom is -0.475 e. The molecule has 0 unspecified atom stereocenters. The smallest absolute Gasteiger partial charge is 0.475 e. The molecule has 0 bridgehead atoms. The minimum atomic E-state index is -5.08. The first-order chi connectivity index (χ1) is 29.4. The van der Waals surface area contributed by atoms with Gasteiger partial charge in [-0.15, -0.1) is 0 Å². The van der Waals surface area contributed by atoms with Gasteiger partial charge in [0.15, 0.2) is 5.96 Å². The Kier molecular flexibility index (Phi) is 19.0. The number of piperazine rings is 1. The van der Waals surface area contributed by atoms with Crippen LogP contribution in [-0.2, 0) is 36.9 Å². The third-order valence-corrected chi connectivity index (χ3v) is 8.74. The van der Waals surface area contributed by atoms with Gasteiger partial charge in [0, 0.05) is 56.9 Å². The molecule has 1 fully saturated rings. The number of nitrogens with one attached hydrogen (secondary N) is 2. The van der Waals surface area contributed by atoms with Gasteiger partial charge in [0.05, 0.1) is 16.8 Å². The summed E-state index contributed by atoms with van der Waals surface area (Å²) in [5, 5.41) is 26.4. The lowest BCUT2D eigenvalue weighted by atomic mass is 10.00. The average Bonchev–Trinajstić information content (AvgIpc) is 3.51. The van der Waals surface area contributed by atoms with Crippen molar-refractivity contribution in [1.82, 2.24) is 10.2 Å². The molecule has 1 heterocycles. The predicted molar refractivity (Wildman–Crippen MR) is 200 cm³/mol. The number of anilines is 2. The van der Waals surface area contributed by atoms with Crippen LogP contribution in [0.4, 0.5) is 64.1 Å². The fraction of sp³-hybridized carbons (Fsp3) is 0.333. The first-order valence-corrected chi connectivity index (χ1v) is 17.8. The first kappa shape index (κ1) is 53.6. The largest absolute Gasteiger partial charge is 0.490 e. The van der Waals surface area contributed by atoms with E-state index < -0.39 is 71.7 Å². The number of hydrogen-bond acceptors (Lipinski definition) is 8. The van der Waals surface area contributed by atoms with Gasteiger partial charge in [-0.2, -0.15) is 39.5 Å². The summed E-state index contributed by atoms with van der Waals surface area (Å²) in [5.74, 6) is -12.3. The summed E-state index contributed by atoms with van der Waals surface area (Å²) in [5.41, 5.74) is 14.5. The summed E-state index contributed by atoms with van der Waals surface area (Å²) in [6, 6.07) is 12.8. The van der Waals surface area contributed by atoms with Crippen LogP contribution >= 0.6 is 11.6 Å². The molecule has 2 atom stereocenters. The normalized spacial score (nSPS) is 15.9. The molecule has 0 radical (unpaired) electrons. The maximum absolute atomic E-state index is 14.2. The number of alkyl halides is 9. The standard InChI is InChI=1S/C30H31ClF3N7O2.3C2HF3O2/c31-23-5-3-21(14-24(23)33)38-28(42)29(43)39-27-19(15-37-30(35)36)12-18-11-17(1-4-22(18)27)16-40-7-9-41(10-8-40)26-6-2-20(32)13-25(26)34;3*3-2(4,5)1(6)7/h1-6,11,13-14,19,27H,7-10,12,15-16H2,(H,38,42)(H,39,43)(H4,35,36,37);3*(H,6,7)/t19-,27-;;;/m1.../s1. The molecular weight excluding hydrogens is 922 g/mol. The maximum atomic E-state index is 14.2. The molecule has 3 aromatic rings. The number of aliphatic imine (C=N–C) groups is 1. The van der Waals surface area contributed by atoms with E-state index in [-0.39, 0.29) is 29.1 Å². The number of rotatable bonds is 7. The molecule has 0 saturated carbocycles. The molecule has 15 nitrogen and oxygen atoms in total. The molecule has 1 aliphatic heterocycles. The SMILES string of the molecule is NC(N)=NC[C@H]1Cc2cc(CN3CCN(c4ccc(F)cc4F)CC3)ccc2[C@@H]1NC(=O)C(=O)Nc1ccc(Cl)c(F)c1.O=C(O)C(F)(F)F.O=C(O)C(F)(F)F.O=C(O)C(F)(F)F. The Morgan fingerprint density at radius 1 is 0.719 bits per heavy atom. The van der Waals surface area contributed by atoms with Gasteiger partial charge in [0.2, 0.25) is 0 Å². The van der Waals surface area contributed by atoms with E-state index in [4.69, 9.17) is 52.8 Å². The van der Waals surface area contributed by atoms with Crippen LogP contribution in [0, 0.1) is 23.4 Å². The number of nitrogens with zero attached hydrogens (tertiary/aromatic N) is 3. The molecule has 1 saturated heterocycles. The number of benzene rings is 3. The van der Waals surface area contributed by atoms with Crippen LogP contribution in [-0.4, -0.2) is 107 Å². The third kappa shape index (κ3) is 17.3. The molecule has 9 N–H and O–H groups in total. The highest BCUT2D eigenvalue weighted by Crippen LogP contribution is 2.37. The monoisotopic (exact) mass is 955 g/mol. The zero-order valence-electron chi connectivity index (χ0n) is 32.1. The van der Waals surface area contributed by atoms with E-state index >= 15 is 0 Å². The molecule has 2 amide bonds. The fourth-order valence-corrected chi connectivity index (χ4v) is 5.71. The molecule has 5 rings (SSSR count). The zero-order valence-corrected chi connectivity index (χ0v) is 32.8. The second-order valence-corrected chi connectivity index (χ2v) is 13.5. The highest BCUT2D eigenvalue weighted by molar-refractivity contribution is 6.39. The van der Waals surface area contributed by atoms with Crippen molar-refractivity contribution in [3.8, 4) is 0 Å². The second kappa shape index (κ2) is 22.7. The number of halogens is 13. The number of amides is 2. The Labute approximate surface area is 357 Å². The van der Waals surface area contributed by atoms with Crippen LogP contribution in [0.3, 0.4) is 0 Å². The van der Waals surface area contributed by atoms with Gasteiger partial charge >= 0.3 is 48.3 Å². The molecular formula is C36H34ClF12N7O8. The van der Waals surface area contributed by atoms with Crippen LogP contribution in [0.1, 0.15) is 22.7 Å². The lowest BCUT2D eigenvalue weighted by molar-refractivity contribution is -0.193. The van der Waals surface area contributed by atoms with Crippen molar-refractivity contribution >= 4 is 58.7 Å². The van der Waals surface area contributed by atoms with Crippen LogP contribution in [0.25, 0.3) is 0 Å². The van der Waals surface area contributed by atoms with Crippen molar-refractivity contribution in [2.75, 3.05) is 42.9 Å². The molecule has 28 heteroatoms. The van der Waals surface area contributed by atoms with Gasteiger partial charge in [-0.05, 0) is 53.4 Å². The first-order valence-electron chi connectivity index (χ1n) is 17.5. The highest BCUT2D eigenvalue weighted by atomic mass is 35.5. The van der Waals surface area contributed by atoms with E-state index in [2.05, 4.69) is 26.6 Å². The summed E-state index contributed by atoms with van der Waals surface area (Å²) in [7, 11) is 0. The topological polar surface area (TPSA) is 241 Å². The number of carbonyl (C=O) groups excluding carboxylic acids is 2. The van der Waals surface area contributed by atoms with Gasteiger partial charge in [-0.1, -0.05) is 29.8 Å². The Morgan fingerprint density at radius 3 is 1.72 bits per heavy atom. The van der Waals surface area contributed by atoms with Crippen LogP contribution in [0.5, 0.6) is 0 Å². The van der Waals surface area contributed by atoms with E-state index in [0.29, 0.717) is 44.8 Å². The minimum absolute atomic E-state index is 0.0797. The number of fused-ring (bicyclic) bond motifs is 1. The van der Waals surface area contributed by atoms with Crippen molar-refractivity contribution < 1.29 is 92.0 Å². The maximum Gasteiger partial charge on any atom is 0.490 e. The Balaban J connectivity index is 0.000000553. The summed E-state index contributed by atoms with van der Waals surface area (Å²) in [4.78, 5) is 60.5. The van der Waals surface area contributed by atoms with Crippen LogP contribution in [0.2, 0.25) is 5.02 Å². The fourth-order valence-electron chi connectivity index (χ4n) is 5.59. The third-order valence-electron chi connectivity index (χ3n) is 8.43. The van der Waals surface area contributed by atoms with Crippen molar-refractivity contribution in [1.29, 1.82) is 0 Å². The molecule has 64 heavy (non-hydrogen) atoms. The van der Waals surface area contributed by atoms with Gasteiger partial charge in [0.25, 0.3) is 0 Å². The quantitative estimate of drug-likeness (QED) is 0.0698. The Hall–Kier alpha value is -6.51. The molecule has 3 aromatic carbocycles. The van der Waals surface area contributed by atoms with E-state index in [1.807, 2.05) is 17.0 Å². The zero-order chi connectivity index (χ0) is 48.9. The van der Waals surface area contributed by atoms with Crippen molar-refractivity contribution in [2.45, 2.75) is 37.5 Å². The number of aliphatic carboxylic acids is 3. The Bertz CT molecular complexity index is 2120. The van der Waals surface area contributed by atoms with Crippen LogP contribution in [0.15, 0.2) is 59.6 Å². The van der Waals surface area contributed by atoms with E-state index in [0.717, 1.165) is 28.8 Å². The molecule has 1 aliphatic carbocycles. The highest BCUT2D eigenvalue weighted by Gasteiger charge is 2.40. The molecule has 352 valence electrons. The Morgan fingerprint density at radius 2 is 1.25 bits per heavy atom. The molecule has 0 spiro atoms. The van der Waals surface area contributed by atoms with Gasteiger partial charge in [-0.3, -0.25) is 19.5 Å². The number of nitrogens with two attached hydrogens (primary N) is 2. The van der Waals surface area contributed by atoms with Crippen molar-refractivity contribution in [3.63, 3.8) is 0 Å². The molecule has 2 aliphatic rings. The van der Waals surface area contributed by atoms with E-state index in [9.17, 15) is 62.3 Å². The number of carboxylic acid groups (broad SMARTS) is 3. The second-order valence-electron chi connectivity index (χ2n) is 13.1. The summed E-state index contributed by atoms with van der Waals surface area (Å²) >= 11 is 5.69. The number of carboxylic acids is 3. The predicted octanol–water partition coefficient (Wildman–Crippen LogP) is 5.22. The summed E-state index contributed by atoms with van der Waals surface area (Å²) in [6.07, 6.45) is -14.7. The summed E-state index contributed by atoms with van der Waals surface area (Å²) in [6.45, 7) is 3.52. The van der Waals surface area contributed by atoms with Crippen molar-refractivity contribution in [2.24, 2.45) is 22.4 Å². The lowest BCUT2D eigenvalue weighted by Crippen LogP contribution is -2.46. The van der Waals surface area contributed by atoms with E-state index in [1.165, 1.54) is 24.3 Å². The van der Waals surface area contributed by atoms with E-state index in [1.54, 1.807) is 0 Å². The van der Waals surface area contributed by atoms with Crippen molar-refractivity contribution in [3.05, 3.63) is 93.8 Å². The molecule has 0 aromatic heterocycles. The van der Waals surface area contributed by atoms with Gasteiger partial charge < -0.3 is 42.3 Å².